The molecule has 4 aromatic rings. The molecule has 20 heteroatoms. The van der Waals surface area contributed by atoms with Crippen LogP contribution in [-0.4, -0.2) is 50.3 Å². The Bertz CT molecular complexity index is 1510. The van der Waals surface area contributed by atoms with Crippen molar-refractivity contribution >= 4 is 23.9 Å². The number of hydrogen-bond acceptors (Lipinski definition) is 10. The summed E-state index contributed by atoms with van der Waals surface area (Å²) in [6, 6.07) is 11.2. The zero-order valence-electron chi connectivity index (χ0n) is 28.4. The molecule has 0 N–H and O–H groups in total. The van der Waals surface area contributed by atoms with E-state index in [0.717, 1.165) is 99.2 Å². The van der Waals surface area contributed by atoms with Gasteiger partial charge in [-0.1, -0.05) is 24.3 Å². The Labute approximate surface area is 339 Å². The zero-order chi connectivity index (χ0) is 40.8. The number of carboxylic acids is 4. The van der Waals surface area contributed by atoms with E-state index in [-0.39, 0.29) is 39.0 Å². The molecule has 2 saturated heterocycles. The molecule has 0 amide bonds. The Balaban J connectivity index is 0. The van der Waals surface area contributed by atoms with E-state index in [9.17, 15) is 74.7 Å². The van der Waals surface area contributed by atoms with E-state index >= 15 is 0 Å². The van der Waals surface area contributed by atoms with Crippen LogP contribution in [0, 0.1) is 46.5 Å². The molecule has 2 fully saturated rings. The van der Waals surface area contributed by atoms with E-state index in [0.29, 0.717) is 0 Å². The van der Waals surface area contributed by atoms with Crippen molar-refractivity contribution in [1.29, 1.82) is 0 Å². The van der Waals surface area contributed by atoms with E-state index in [1.165, 1.54) is 25.7 Å². The molecule has 2 aliphatic heterocycles. The SMILES string of the molecule is C1CCOC1.C1CCOC1.O=C([O-])c1c(F)cccc1F.O=C([O-])c1c(F)cccc1F.O=C([O-])c1c(F)cccc1F.O=C([O-])c1c(F)cccc1F.[Ru+2].[Ru+2]. The van der Waals surface area contributed by atoms with Crippen molar-refractivity contribution in [3.8, 4) is 0 Å². The third kappa shape index (κ3) is 19.3. The van der Waals surface area contributed by atoms with Gasteiger partial charge in [-0.3, -0.25) is 0 Å². The van der Waals surface area contributed by atoms with Gasteiger partial charge in [0.05, 0.1) is 46.1 Å². The number of carboxylic acid groups (broad SMARTS) is 4. The third-order valence-corrected chi connectivity index (χ3v) is 6.32. The van der Waals surface area contributed by atoms with Crippen molar-refractivity contribution in [1.82, 2.24) is 0 Å². The van der Waals surface area contributed by atoms with Gasteiger partial charge >= 0.3 is 39.0 Å². The molecule has 2 heterocycles. The second-order valence-corrected chi connectivity index (χ2v) is 10.2. The number of ether oxygens (including phenoxy) is 2. The van der Waals surface area contributed by atoms with E-state index in [4.69, 9.17) is 9.47 Å². The first kappa shape index (κ1) is 53.5. The van der Waals surface area contributed by atoms with Crippen LogP contribution in [0.25, 0.3) is 0 Å². The smallest absolute Gasteiger partial charge is 0.545 e. The minimum Gasteiger partial charge on any atom is -0.545 e. The summed E-state index contributed by atoms with van der Waals surface area (Å²) < 4.78 is 109. The van der Waals surface area contributed by atoms with Gasteiger partial charge in [-0.2, -0.15) is 0 Å². The maximum absolute atomic E-state index is 12.4. The van der Waals surface area contributed by atoms with E-state index in [2.05, 4.69) is 0 Å². The van der Waals surface area contributed by atoms with E-state index < -0.39 is 92.7 Å². The van der Waals surface area contributed by atoms with Crippen molar-refractivity contribution in [3.63, 3.8) is 0 Å². The summed E-state index contributed by atoms with van der Waals surface area (Å²) in [4.78, 5) is 40.2. The van der Waals surface area contributed by atoms with Crippen molar-refractivity contribution in [2.75, 3.05) is 26.4 Å². The number of rotatable bonds is 4. The fourth-order valence-corrected chi connectivity index (χ4v) is 3.79. The number of aromatic carboxylic acids is 4. The van der Waals surface area contributed by atoms with Gasteiger partial charge in [-0.15, -0.1) is 0 Å². The molecule has 0 aliphatic carbocycles. The van der Waals surface area contributed by atoms with E-state index in [1.807, 2.05) is 0 Å². The Morgan fingerprint density at radius 2 is 0.500 bits per heavy atom. The molecule has 0 spiro atoms. The molecule has 0 unspecified atom stereocenters. The molecule has 0 atom stereocenters. The van der Waals surface area contributed by atoms with Crippen LogP contribution in [0.4, 0.5) is 35.1 Å². The standard InChI is InChI=1S/4C7H4F2O2.2C4H8O.2Ru/c4*8-4-2-1-3-5(9)6(4)7(10)11;2*1-2-4-5-3-1;;/h4*1-3H,(H,10,11);2*1-4H2;;/q;;;;;;2*+2/p-4. The average molecular weight is 975 g/mol. The van der Waals surface area contributed by atoms with Gasteiger partial charge in [0.15, 0.2) is 0 Å². The zero-order valence-corrected chi connectivity index (χ0v) is 31.9. The molecule has 304 valence electrons. The Morgan fingerprint density at radius 3 is 0.571 bits per heavy atom. The molecule has 0 radical (unpaired) electrons. The third-order valence-electron chi connectivity index (χ3n) is 6.32. The number of carbonyl (C=O) groups is 4. The van der Waals surface area contributed by atoms with Crippen molar-refractivity contribution in [2.24, 2.45) is 0 Å². The molecular formula is C36H28F8O10Ru2. The van der Waals surface area contributed by atoms with Crippen LogP contribution in [0.15, 0.2) is 72.8 Å². The van der Waals surface area contributed by atoms with Crippen LogP contribution < -0.4 is 20.4 Å². The summed E-state index contributed by atoms with van der Waals surface area (Å²) in [6.07, 6.45) is 5.11. The molecular weight excluding hydrogens is 947 g/mol. The first-order chi connectivity index (χ1) is 25.5. The molecule has 2 aliphatic rings. The van der Waals surface area contributed by atoms with Gasteiger partial charge in [0.1, 0.15) is 46.5 Å². The fraction of sp³-hybridized carbons (Fsp3) is 0.222. The summed E-state index contributed by atoms with van der Waals surface area (Å²) in [6.45, 7) is 4.00. The number of benzene rings is 4. The van der Waals surface area contributed by atoms with Crippen molar-refractivity contribution in [2.45, 2.75) is 25.7 Å². The van der Waals surface area contributed by atoms with Crippen LogP contribution in [0.1, 0.15) is 67.1 Å². The topological polar surface area (TPSA) is 179 Å². The van der Waals surface area contributed by atoms with Crippen LogP contribution >= 0.6 is 0 Å². The summed E-state index contributed by atoms with van der Waals surface area (Å²) in [5, 5.41) is 40.2. The predicted octanol–water partition coefficient (Wildman–Crippen LogP) is 2.90. The number of halogens is 8. The van der Waals surface area contributed by atoms with Crippen LogP contribution in [0.3, 0.4) is 0 Å². The minimum atomic E-state index is -1.85. The number of hydrogen-bond donors (Lipinski definition) is 0. The Hall–Kier alpha value is -4.63. The van der Waals surface area contributed by atoms with E-state index in [1.54, 1.807) is 0 Å². The Morgan fingerprint density at radius 1 is 0.357 bits per heavy atom. The average Bonchev–Trinajstić information content (AvgIpc) is 3.86. The van der Waals surface area contributed by atoms with Gasteiger partial charge in [0, 0.05) is 26.4 Å². The first-order valence-corrected chi connectivity index (χ1v) is 15.3. The largest absolute Gasteiger partial charge is 2.00 e. The van der Waals surface area contributed by atoms with Gasteiger partial charge in [0.2, 0.25) is 0 Å². The van der Waals surface area contributed by atoms with Crippen molar-refractivity contribution in [3.05, 3.63) is 142 Å². The fourth-order valence-electron chi connectivity index (χ4n) is 3.79. The van der Waals surface area contributed by atoms with Crippen LogP contribution in [0.2, 0.25) is 0 Å². The van der Waals surface area contributed by atoms with Gasteiger partial charge < -0.3 is 49.1 Å². The molecule has 56 heavy (non-hydrogen) atoms. The maximum Gasteiger partial charge on any atom is 2.00 e. The predicted molar refractivity (Wildman–Crippen MR) is 163 cm³/mol. The molecule has 4 aromatic carbocycles. The summed E-state index contributed by atoms with van der Waals surface area (Å²) in [5.74, 6) is -16.3. The normalized spacial score (nSPS) is 11.9. The monoisotopic (exact) mass is 976 g/mol. The Kier molecular flexibility index (Phi) is 27.4. The molecule has 0 saturated carbocycles. The summed E-state index contributed by atoms with van der Waals surface area (Å²) in [7, 11) is 0. The van der Waals surface area contributed by atoms with Gasteiger partial charge in [-0.05, 0) is 74.2 Å². The molecule has 0 bridgehead atoms. The summed E-state index contributed by atoms with van der Waals surface area (Å²) >= 11 is 0. The second-order valence-electron chi connectivity index (χ2n) is 10.2. The van der Waals surface area contributed by atoms with Crippen LogP contribution in [0.5, 0.6) is 0 Å². The summed E-state index contributed by atoms with van der Waals surface area (Å²) in [5.41, 5.74) is -4.08. The first-order valence-electron chi connectivity index (χ1n) is 15.3. The van der Waals surface area contributed by atoms with Crippen LogP contribution in [-0.2, 0) is 48.4 Å². The number of carbonyl (C=O) groups excluding carboxylic acids is 4. The molecule has 0 aromatic heterocycles. The molecule has 6 rings (SSSR count). The second kappa shape index (κ2) is 28.7. The minimum absolute atomic E-state index is 0. The van der Waals surface area contributed by atoms with Crippen molar-refractivity contribution < 1.29 is 123 Å². The quantitative estimate of drug-likeness (QED) is 0.218. The maximum atomic E-state index is 12.4. The van der Waals surface area contributed by atoms with Gasteiger partial charge in [0.25, 0.3) is 0 Å². The van der Waals surface area contributed by atoms with Gasteiger partial charge in [-0.25, -0.2) is 35.1 Å². The molecule has 10 nitrogen and oxygen atoms in total.